The Kier molecular flexibility index (Phi) is 4.96. The first-order valence-electron chi connectivity index (χ1n) is 6.92. The quantitative estimate of drug-likeness (QED) is 0.813. The topological polar surface area (TPSA) is 83.6 Å². The average molecular weight is 270 g/mol. The summed E-state index contributed by atoms with van der Waals surface area (Å²) in [6.45, 7) is 8.37. The molecule has 5 nitrogen and oxygen atoms in total. The van der Waals surface area contributed by atoms with Crippen molar-refractivity contribution in [3.8, 4) is 0 Å². The second kappa shape index (κ2) is 5.90. The molecular formula is C14H26N2O3. The molecule has 1 aliphatic heterocycles. The maximum absolute atomic E-state index is 12.3. The highest BCUT2D eigenvalue weighted by atomic mass is 16.4. The maximum Gasteiger partial charge on any atom is 0.326 e. The van der Waals surface area contributed by atoms with E-state index in [2.05, 4.69) is 0 Å². The minimum absolute atomic E-state index is 0.000983. The molecule has 1 aliphatic rings. The average Bonchev–Trinajstić information content (AvgIpc) is 2.26. The molecular weight excluding hydrogens is 244 g/mol. The van der Waals surface area contributed by atoms with Crippen LogP contribution in [0.15, 0.2) is 0 Å². The van der Waals surface area contributed by atoms with Crippen LogP contribution in [-0.2, 0) is 9.59 Å². The van der Waals surface area contributed by atoms with Crippen LogP contribution in [0.4, 0.5) is 0 Å². The first-order valence-corrected chi connectivity index (χ1v) is 6.92. The minimum atomic E-state index is -0.912. The zero-order valence-electron chi connectivity index (χ0n) is 12.3. The summed E-state index contributed by atoms with van der Waals surface area (Å²) in [4.78, 5) is 25.1. The molecule has 3 N–H and O–H groups in total. The number of amides is 1. The van der Waals surface area contributed by atoms with Gasteiger partial charge in [0, 0.05) is 19.0 Å². The number of piperidine rings is 1. The summed E-state index contributed by atoms with van der Waals surface area (Å²) in [5.74, 6) is -1.05. The third-order valence-electron chi connectivity index (χ3n) is 4.01. The van der Waals surface area contributed by atoms with Gasteiger partial charge < -0.3 is 15.7 Å². The van der Waals surface area contributed by atoms with Crippen LogP contribution in [0.5, 0.6) is 0 Å². The monoisotopic (exact) mass is 270 g/mol. The van der Waals surface area contributed by atoms with Gasteiger partial charge in [-0.15, -0.1) is 0 Å². The lowest BCUT2D eigenvalue weighted by molar-refractivity contribution is -0.155. The van der Waals surface area contributed by atoms with Gasteiger partial charge in [0.25, 0.3) is 0 Å². The predicted octanol–water partition coefficient (Wildman–Crippen LogP) is 1.46. The van der Waals surface area contributed by atoms with E-state index >= 15 is 0 Å². The van der Waals surface area contributed by atoms with Crippen LogP contribution in [0.25, 0.3) is 0 Å². The molecule has 1 heterocycles. The van der Waals surface area contributed by atoms with Crippen molar-refractivity contribution in [1.82, 2.24) is 4.90 Å². The molecule has 0 aromatic carbocycles. The normalized spacial score (nSPS) is 26.1. The highest BCUT2D eigenvalue weighted by Gasteiger charge is 2.38. The van der Waals surface area contributed by atoms with E-state index in [9.17, 15) is 14.7 Å². The number of likely N-dealkylation sites (tertiary alicyclic amines) is 1. The zero-order valence-corrected chi connectivity index (χ0v) is 12.3. The van der Waals surface area contributed by atoms with E-state index in [0.29, 0.717) is 6.54 Å². The number of hydrogen-bond acceptors (Lipinski definition) is 3. The Morgan fingerprint density at radius 2 is 2.00 bits per heavy atom. The van der Waals surface area contributed by atoms with Crippen LogP contribution >= 0.6 is 0 Å². The van der Waals surface area contributed by atoms with E-state index in [1.54, 1.807) is 0 Å². The fourth-order valence-electron chi connectivity index (χ4n) is 2.46. The van der Waals surface area contributed by atoms with E-state index in [-0.39, 0.29) is 29.7 Å². The highest BCUT2D eigenvalue weighted by Crippen LogP contribution is 2.26. The van der Waals surface area contributed by atoms with E-state index < -0.39 is 12.0 Å². The molecule has 0 bridgehead atoms. The number of nitrogens with two attached hydrogens (primary N) is 1. The van der Waals surface area contributed by atoms with Crippen molar-refractivity contribution >= 4 is 11.9 Å². The van der Waals surface area contributed by atoms with Gasteiger partial charge in [0.1, 0.15) is 6.04 Å². The molecule has 0 saturated carbocycles. The Bertz CT molecular complexity index is 349. The smallest absolute Gasteiger partial charge is 0.326 e. The van der Waals surface area contributed by atoms with Crippen molar-refractivity contribution in [3.05, 3.63) is 0 Å². The van der Waals surface area contributed by atoms with E-state index in [4.69, 9.17) is 5.73 Å². The van der Waals surface area contributed by atoms with Gasteiger partial charge in [-0.3, -0.25) is 4.79 Å². The van der Waals surface area contributed by atoms with Crippen molar-refractivity contribution in [3.63, 3.8) is 0 Å². The lowest BCUT2D eigenvalue weighted by atomic mass is 9.84. The molecule has 0 aromatic rings. The first-order chi connectivity index (χ1) is 8.64. The number of rotatable bonds is 3. The minimum Gasteiger partial charge on any atom is -0.480 e. The highest BCUT2D eigenvalue weighted by molar-refractivity contribution is 5.84. The Morgan fingerprint density at radius 1 is 1.42 bits per heavy atom. The second-order valence-corrected chi connectivity index (χ2v) is 6.67. The fourth-order valence-corrected chi connectivity index (χ4v) is 2.46. The third-order valence-corrected chi connectivity index (χ3v) is 4.01. The van der Waals surface area contributed by atoms with Gasteiger partial charge in [-0.25, -0.2) is 4.79 Å². The van der Waals surface area contributed by atoms with Crippen LogP contribution in [0.2, 0.25) is 0 Å². The molecule has 0 aromatic heterocycles. The van der Waals surface area contributed by atoms with Crippen molar-refractivity contribution in [2.24, 2.45) is 17.1 Å². The molecule has 3 unspecified atom stereocenters. The predicted molar refractivity (Wildman–Crippen MR) is 73.6 cm³/mol. The molecule has 0 aliphatic carbocycles. The molecule has 0 radical (unpaired) electrons. The van der Waals surface area contributed by atoms with Gasteiger partial charge in [-0.05, 0) is 24.2 Å². The number of hydrogen-bond donors (Lipinski definition) is 2. The molecule has 5 heteroatoms. The molecule has 1 amide bonds. The molecule has 19 heavy (non-hydrogen) atoms. The molecule has 1 fully saturated rings. The number of carbonyl (C=O) groups is 2. The van der Waals surface area contributed by atoms with Gasteiger partial charge >= 0.3 is 5.97 Å². The molecule has 3 atom stereocenters. The summed E-state index contributed by atoms with van der Waals surface area (Å²) in [7, 11) is 0. The van der Waals surface area contributed by atoms with Gasteiger partial charge in [0.2, 0.25) is 5.91 Å². The van der Waals surface area contributed by atoms with Crippen LogP contribution in [0.3, 0.4) is 0 Å². The van der Waals surface area contributed by atoms with E-state index in [1.807, 2.05) is 27.7 Å². The Morgan fingerprint density at radius 3 is 2.47 bits per heavy atom. The summed E-state index contributed by atoms with van der Waals surface area (Å²) < 4.78 is 0. The molecule has 110 valence electrons. The Balaban J connectivity index is 2.76. The number of aliphatic carboxylic acids is 1. The number of carboxylic acid groups (broad SMARTS) is 1. The summed E-state index contributed by atoms with van der Waals surface area (Å²) in [5, 5.41) is 9.30. The summed E-state index contributed by atoms with van der Waals surface area (Å²) in [6, 6.07) is -0.958. The lowest BCUT2D eigenvalue weighted by Crippen LogP contribution is -2.53. The van der Waals surface area contributed by atoms with Crippen LogP contribution in [0, 0.1) is 11.3 Å². The number of carboxylic acids is 1. The van der Waals surface area contributed by atoms with Gasteiger partial charge in [-0.2, -0.15) is 0 Å². The van der Waals surface area contributed by atoms with Crippen LogP contribution in [0.1, 0.15) is 47.0 Å². The number of carbonyl (C=O) groups excluding carboxylic acids is 1. The van der Waals surface area contributed by atoms with Gasteiger partial charge in [0.15, 0.2) is 0 Å². The van der Waals surface area contributed by atoms with E-state index in [0.717, 1.165) is 12.8 Å². The molecule has 1 saturated heterocycles. The van der Waals surface area contributed by atoms with Crippen LogP contribution < -0.4 is 5.73 Å². The van der Waals surface area contributed by atoms with Crippen LogP contribution in [-0.4, -0.2) is 40.5 Å². The van der Waals surface area contributed by atoms with Crippen molar-refractivity contribution < 1.29 is 14.7 Å². The van der Waals surface area contributed by atoms with Crippen molar-refractivity contribution in [1.29, 1.82) is 0 Å². The summed E-state index contributed by atoms with van der Waals surface area (Å²) >= 11 is 0. The Labute approximate surface area is 115 Å². The van der Waals surface area contributed by atoms with Gasteiger partial charge in [0.05, 0.1) is 0 Å². The standard InChI is InChI=1S/C14H26N2O3/c1-9-6-5-7-16(12(9)13(18)19)11(17)8-10(15)14(2,3)4/h9-10,12H,5-8,15H2,1-4H3,(H,18,19). The first kappa shape index (κ1) is 16.0. The zero-order chi connectivity index (χ0) is 14.8. The van der Waals surface area contributed by atoms with E-state index in [1.165, 1.54) is 4.90 Å². The summed E-state index contributed by atoms with van der Waals surface area (Å²) in [5.41, 5.74) is 5.86. The van der Waals surface area contributed by atoms with Gasteiger partial charge in [-0.1, -0.05) is 27.7 Å². The largest absolute Gasteiger partial charge is 0.480 e. The SMILES string of the molecule is CC1CCCN(C(=O)CC(N)C(C)(C)C)C1C(=O)O. The third kappa shape index (κ3) is 3.93. The molecule has 0 spiro atoms. The lowest BCUT2D eigenvalue weighted by Gasteiger charge is -2.38. The van der Waals surface area contributed by atoms with Crippen molar-refractivity contribution in [2.75, 3.05) is 6.54 Å². The van der Waals surface area contributed by atoms with Crippen molar-refractivity contribution in [2.45, 2.75) is 59.0 Å². The maximum atomic E-state index is 12.3. The second-order valence-electron chi connectivity index (χ2n) is 6.67. The fraction of sp³-hybridized carbons (Fsp3) is 0.857. The summed E-state index contributed by atoms with van der Waals surface area (Å²) in [6.07, 6.45) is 1.92. The Hall–Kier alpha value is -1.10. The molecule has 1 rings (SSSR count). The number of nitrogens with zero attached hydrogens (tertiary/aromatic N) is 1.